The third kappa shape index (κ3) is 6.86. The van der Waals surface area contributed by atoms with Crippen LogP contribution in [-0.4, -0.2) is 38.7 Å². The van der Waals surface area contributed by atoms with E-state index in [4.69, 9.17) is 14.2 Å². The summed E-state index contributed by atoms with van der Waals surface area (Å²) in [5, 5.41) is 0. The first kappa shape index (κ1) is 21.7. The Morgan fingerprint density at radius 3 is 2.32 bits per heavy atom. The normalized spacial score (nSPS) is 10.3. The summed E-state index contributed by atoms with van der Waals surface area (Å²) in [4.78, 5) is 24.1. The molecule has 0 heterocycles. The zero-order chi connectivity index (χ0) is 20.5. The highest BCUT2D eigenvalue weighted by molar-refractivity contribution is 9.10. The molecule has 0 saturated heterocycles. The molecule has 0 aliphatic rings. The molecular formula is C20H23BrN2O5. The fourth-order valence-electron chi connectivity index (χ4n) is 2.39. The van der Waals surface area contributed by atoms with Gasteiger partial charge in [0.25, 0.3) is 11.8 Å². The molecule has 0 saturated carbocycles. The van der Waals surface area contributed by atoms with Crippen LogP contribution in [0.2, 0.25) is 0 Å². The third-order valence-corrected chi connectivity index (χ3v) is 4.24. The third-order valence-electron chi connectivity index (χ3n) is 3.62. The van der Waals surface area contributed by atoms with Crippen molar-refractivity contribution in [2.75, 3.05) is 26.9 Å². The van der Waals surface area contributed by atoms with Gasteiger partial charge < -0.3 is 14.2 Å². The first-order chi connectivity index (χ1) is 13.4. The molecule has 7 nitrogen and oxygen atoms in total. The summed E-state index contributed by atoms with van der Waals surface area (Å²) in [5.41, 5.74) is 7.14. The van der Waals surface area contributed by atoms with Crippen molar-refractivity contribution in [1.29, 1.82) is 0 Å². The van der Waals surface area contributed by atoms with Crippen molar-refractivity contribution >= 4 is 27.7 Å². The Labute approximate surface area is 172 Å². The number of benzene rings is 2. The highest BCUT2D eigenvalue weighted by Gasteiger charge is 2.11. The smallest absolute Gasteiger partial charge is 0.276 e. The van der Waals surface area contributed by atoms with Gasteiger partial charge in [0.05, 0.1) is 11.1 Å². The molecule has 2 rings (SSSR count). The van der Waals surface area contributed by atoms with E-state index in [2.05, 4.69) is 26.8 Å². The monoisotopic (exact) mass is 450 g/mol. The van der Waals surface area contributed by atoms with Crippen molar-refractivity contribution in [2.45, 2.75) is 13.8 Å². The molecule has 0 aromatic heterocycles. The number of nitrogens with one attached hydrogen (secondary N) is 2. The summed E-state index contributed by atoms with van der Waals surface area (Å²) < 4.78 is 16.5. The first-order valence-corrected chi connectivity index (χ1v) is 9.40. The zero-order valence-corrected chi connectivity index (χ0v) is 17.6. The molecule has 8 heteroatoms. The first-order valence-electron chi connectivity index (χ1n) is 8.60. The van der Waals surface area contributed by atoms with Crippen molar-refractivity contribution in [3.8, 4) is 11.5 Å². The molecule has 0 radical (unpaired) electrons. The number of carbonyl (C=O) groups excluding carboxylic acids is 2. The Kier molecular flexibility index (Phi) is 8.28. The van der Waals surface area contributed by atoms with Crippen LogP contribution in [0.25, 0.3) is 0 Å². The fourth-order valence-corrected chi connectivity index (χ4v) is 2.89. The maximum atomic E-state index is 12.2. The Bertz CT molecular complexity index is 821. The largest absolute Gasteiger partial charge is 0.490 e. The highest BCUT2D eigenvalue weighted by atomic mass is 79.9. The quantitative estimate of drug-likeness (QED) is 0.476. The molecule has 0 atom stereocenters. The van der Waals surface area contributed by atoms with Gasteiger partial charge in [0, 0.05) is 12.7 Å². The zero-order valence-electron chi connectivity index (χ0n) is 16.0. The van der Waals surface area contributed by atoms with Crippen molar-refractivity contribution in [2.24, 2.45) is 0 Å². The Morgan fingerprint density at radius 1 is 0.964 bits per heavy atom. The van der Waals surface area contributed by atoms with Gasteiger partial charge in [0.1, 0.15) is 18.1 Å². The number of amides is 2. The van der Waals surface area contributed by atoms with Gasteiger partial charge in [-0.2, -0.15) is 0 Å². The molecule has 150 valence electrons. The van der Waals surface area contributed by atoms with Crippen LogP contribution in [0.5, 0.6) is 11.5 Å². The standard InChI is InChI=1S/C20H23BrN2O5/c1-13-8-14(2)10-16(9-13)28-12-19(24)22-23-20(25)15-4-5-18(17(21)11-15)27-7-6-26-3/h4-5,8-11H,6-7,12H2,1-3H3,(H,22,24)(H,23,25). The number of carbonyl (C=O) groups is 2. The highest BCUT2D eigenvalue weighted by Crippen LogP contribution is 2.26. The molecule has 0 fully saturated rings. The van der Waals surface area contributed by atoms with Gasteiger partial charge >= 0.3 is 0 Å². The summed E-state index contributed by atoms with van der Waals surface area (Å²) in [5.74, 6) is 0.279. The fraction of sp³-hybridized carbons (Fsp3) is 0.300. The second-order valence-corrected chi connectivity index (χ2v) is 6.96. The van der Waals surface area contributed by atoms with E-state index in [9.17, 15) is 9.59 Å². The lowest BCUT2D eigenvalue weighted by Gasteiger charge is -2.11. The molecule has 2 N–H and O–H groups in total. The van der Waals surface area contributed by atoms with Gasteiger partial charge in [-0.25, -0.2) is 0 Å². The molecule has 0 aliphatic heterocycles. The summed E-state index contributed by atoms with van der Waals surface area (Å²) in [6.07, 6.45) is 0. The predicted octanol–water partition coefficient (Wildman–Crippen LogP) is 2.93. The van der Waals surface area contributed by atoms with Gasteiger partial charge in [0.2, 0.25) is 0 Å². The van der Waals surface area contributed by atoms with E-state index in [0.29, 0.717) is 34.7 Å². The van der Waals surface area contributed by atoms with Crippen LogP contribution in [-0.2, 0) is 9.53 Å². The Balaban J connectivity index is 1.82. The average Bonchev–Trinajstić information content (AvgIpc) is 2.65. The molecule has 0 aliphatic carbocycles. The lowest BCUT2D eigenvalue weighted by atomic mass is 10.1. The summed E-state index contributed by atoms with van der Waals surface area (Å²) >= 11 is 3.36. The van der Waals surface area contributed by atoms with E-state index in [0.717, 1.165) is 11.1 Å². The molecular weight excluding hydrogens is 428 g/mol. The Morgan fingerprint density at radius 2 is 1.68 bits per heavy atom. The minimum atomic E-state index is -0.467. The molecule has 2 aromatic carbocycles. The van der Waals surface area contributed by atoms with Crippen LogP contribution in [0.1, 0.15) is 21.5 Å². The molecule has 0 spiro atoms. The van der Waals surface area contributed by atoms with E-state index in [1.54, 1.807) is 25.3 Å². The van der Waals surface area contributed by atoms with E-state index >= 15 is 0 Å². The molecule has 0 bridgehead atoms. The summed E-state index contributed by atoms with van der Waals surface area (Å²) in [7, 11) is 1.59. The van der Waals surface area contributed by atoms with Crippen molar-refractivity contribution in [3.05, 3.63) is 57.6 Å². The minimum absolute atomic E-state index is 0.209. The molecule has 0 unspecified atom stereocenters. The number of hydrogen-bond donors (Lipinski definition) is 2. The lowest BCUT2D eigenvalue weighted by Crippen LogP contribution is -2.43. The van der Waals surface area contributed by atoms with Gasteiger partial charge in [0.15, 0.2) is 6.61 Å². The van der Waals surface area contributed by atoms with Gasteiger partial charge in [-0.15, -0.1) is 0 Å². The number of methoxy groups -OCH3 is 1. The van der Waals surface area contributed by atoms with E-state index < -0.39 is 11.8 Å². The van der Waals surface area contributed by atoms with E-state index in [-0.39, 0.29) is 6.61 Å². The maximum Gasteiger partial charge on any atom is 0.276 e. The van der Waals surface area contributed by atoms with Crippen molar-refractivity contribution < 1.29 is 23.8 Å². The van der Waals surface area contributed by atoms with Crippen LogP contribution in [0.3, 0.4) is 0 Å². The SMILES string of the molecule is COCCOc1ccc(C(=O)NNC(=O)COc2cc(C)cc(C)c2)cc1Br. The number of halogens is 1. The predicted molar refractivity (Wildman–Crippen MR) is 109 cm³/mol. The number of aryl methyl sites for hydroxylation is 2. The van der Waals surface area contributed by atoms with Gasteiger partial charge in [-0.3, -0.25) is 20.4 Å². The minimum Gasteiger partial charge on any atom is -0.490 e. The number of hydrazine groups is 1. The number of hydrogen-bond acceptors (Lipinski definition) is 5. The van der Waals surface area contributed by atoms with Crippen LogP contribution in [0.15, 0.2) is 40.9 Å². The van der Waals surface area contributed by atoms with Crippen LogP contribution in [0.4, 0.5) is 0 Å². The molecule has 2 amide bonds. The van der Waals surface area contributed by atoms with Crippen molar-refractivity contribution in [1.82, 2.24) is 10.9 Å². The number of ether oxygens (including phenoxy) is 3. The van der Waals surface area contributed by atoms with Crippen LogP contribution >= 0.6 is 15.9 Å². The second kappa shape index (κ2) is 10.7. The van der Waals surface area contributed by atoms with Crippen LogP contribution < -0.4 is 20.3 Å². The lowest BCUT2D eigenvalue weighted by molar-refractivity contribution is -0.123. The second-order valence-electron chi connectivity index (χ2n) is 6.10. The van der Waals surface area contributed by atoms with Crippen LogP contribution in [0, 0.1) is 13.8 Å². The Hall–Kier alpha value is -2.58. The van der Waals surface area contributed by atoms with E-state index in [1.807, 2.05) is 32.0 Å². The van der Waals surface area contributed by atoms with Crippen molar-refractivity contribution in [3.63, 3.8) is 0 Å². The summed E-state index contributed by atoms with van der Waals surface area (Å²) in [6, 6.07) is 10.6. The topological polar surface area (TPSA) is 85.9 Å². The molecule has 28 heavy (non-hydrogen) atoms. The van der Waals surface area contributed by atoms with E-state index in [1.165, 1.54) is 0 Å². The molecule has 2 aromatic rings. The van der Waals surface area contributed by atoms with Gasteiger partial charge in [-0.05, 0) is 71.2 Å². The maximum absolute atomic E-state index is 12.2. The van der Waals surface area contributed by atoms with Gasteiger partial charge in [-0.1, -0.05) is 6.07 Å². The number of rotatable bonds is 8. The average molecular weight is 451 g/mol. The summed E-state index contributed by atoms with van der Waals surface area (Å²) in [6.45, 7) is 4.56.